The number of aryl methyl sites for hydroxylation is 2. The zero-order valence-electron chi connectivity index (χ0n) is 19.0. The monoisotopic (exact) mass is 459 g/mol. The molecule has 1 amide bonds. The molecule has 0 bridgehead atoms. The van der Waals surface area contributed by atoms with Crippen molar-refractivity contribution in [3.05, 3.63) is 63.7 Å². The Morgan fingerprint density at radius 3 is 2.22 bits per heavy atom. The third-order valence-electron chi connectivity index (χ3n) is 5.42. The van der Waals surface area contributed by atoms with Crippen LogP contribution in [0.25, 0.3) is 0 Å². The molecule has 0 saturated carbocycles. The molecule has 0 aliphatic heterocycles. The second kappa shape index (κ2) is 10.2. The SMILES string of the molecule is Cc1cc(C(C)(O)P=O)cc(C)c1Cc1ccc(O)c(C(=O)NC(CC(C)C)C(=O)O)c1. The summed E-state index contributed by atoms with van der Waals surface area (Å²) < 4.78 is 11.3. The van der Waals surface area contributed by atoms with Crippen molar-refractivity contribution in [3.63, 3.8) is 0 Å². The van der Waals surface area contributed by atoms with Crippen molar-refractivity contribution in [3.8, 4) is 5.75 Å². The molecular formula is C24H30NO6P. The molecule has 0 aromatic heterocycles. The number of phenols is 1. The fourth-order valence-corrected chi connectivity index (χ4v) is 3.84. The van der Waals surface area contributed by atoms with Gasteiger partial charge in [0.15, 0.2) is 13.8 Å². The highest BCUT2D eigenvalue weighted by Gasteiger charge is 2.26. The maximum Gasteiger partial charge on any atom is 0.326 e. The smallest absolute Gasteiger partial charge is 0.326 e. The zero-order valence-corrected chi connectivity index (χ0v) is 19.9. The normalized spacial score (nSPS) is 14.2. The number of phenolic OH excluding ortho intramolecular Hbond substituents is 1. The van der Waals surface area contributed by atoms with Crippen molar-refractivity contribution in [1.29, 1.82) is 0 Å². The molecule has 0 aliphatic carbocycles. The highest BCUT2D eigenvalue weighted by atomic mass is 31.1. The van der Waals surface area contributed by atoms with E-state index < -0.39 is 31.7 Å². The Kier molecular flexibility index (Phi) is 8.16. The van der Waals surface area contributed by atoms with Crippen molar-refractivity contribution >= 4 is 20.3 Å². The summed E-state index contributed by atoms with van der Waals surface area (Å²) in [4.78, 5) is 24.2. The Hall–Kier alpha value is -2.76. The summed E-state index contributed by atoms with van der Waals surface area (Å²) in [6, 6.07) is 7.19. The number of hydrogen-bond donors (Lipinski definition) is 4. The largest absolute Gasteiger partial charge is 0.507 e. The molecule has 2 atom stereocenters. The summed E-state index contributed by atoms with van der Waals surface area (Å²) in [7, 11) is -0.390. The van der Waals surface area contributed by atoms with Crippen LogP contribution in [0.4, 0.5) is 0 Å². The zero-order chi connectivity index (χ0) is 24.2. The molecule has 0 fully saturated rings. The van der Waals surface area contributed by atoms with Gasteiger partial charge >= 0.3 is 5.97 Å². The Bertz CT molecular complexity index is 1010. The fourth-order valence-electron chi connectivity index (χ4n) is 3.61. The van der Waals surface area contributed by atoms with Gasteiger partial charge in [-0.25, -0.2) is 4.79 Å². The van der Waals surface area contributed by atoms with Crippen molar-refractivity contribution < 1.29 is 29.5 Å². The standard InChI is InChI=1S/C24H30NO6P/c1-13(2)8-20(23(28)29)25-22(27)19-12-16(6-7-21(19)26)11-18-14(3)9-17(10-15(18)4)24(5,30)32-31/h6-7,9-10,12-13,20,26,30H,8,11H2,1-5H3,(H,25,27)(H,28,29). The van der Waals surface area contributed by atoms with E-state index in [0.717, 1.165) is 22.3 Å². The summed E-state index contributed by atoms with van der Waals surface area (Å²) in [5.74, 6) is -1.92. The molecule has 0 aliphatic rings. The van der Waals surface area contributed by atoms with Gasteiger partial charge in [0.25, 0.3) is 5.91 Å². The number of nitrogens with one attached hydrogen (secondary N) is 1. The Balaban J connectivity index is 2.33. The van der Waals surface area contributed by atoms with Gasteiger partial charge in [-0.3, -0.25) is 9.36 Å². The highest BCUT2D eigenvalue weighted by Crippen LogP contribution is 2.34. The molecule has 0 heterocycles. The van der Waals surface area contributed by atoms with E-state index in [1.54, 1.807) is 24.3 Å². The summed E-state index contributed by atoms with van der Waals surface area (Å²) >= 11 is 0. The van der Waals surface area contributed by atoms with Gasteiger partial charge in [0.2, 0.25) is 0 Å². The summed E-state index contributed by atoms with van der Waals surface area (Å²) in [5, 5.41) is 30.9. The first-order valence-corrected chi connectivity index (χ1v) is 11.2. The molecular weight excluding hydrogens is 429 g/mol. The van der Waals surface area contributed by atoms with E-state index in [9.17, 15) is 29.5 Å². The molecule has 172 valence electrons. The molecule has 0 radical (unpaired) electrons. The lowest BCUT2D eigenvalue weighted by Gasteiger charge is -2.20. The quantitative estimate of drug-likeness (QED) is 0.415. The summed E-state index contributed by atoms with van der Waals surface area (Å²) in [6.45, 7) is 8.99. The predicted octanol–water partition coefficient (Wildman–Crippen LogP) is 4.29. The van der Waals surface area contributed by atoms with Crippen LogP contribution in [0.2, 0.25) is 0 Å². The molecule has 2 rings (SSSR count). The third kappa shape index (κ3) is 6.15. The van der Waals surface area contributed by atoms with Gasteiger partial charge < -0.3 is 20.6 Å². The highest BCUT2D eigenvalue weighted by molar-refractivity contribution is 7.25. The van der Waals surface area contributed by atoms with Gasteiger partial charge in [-0.05, 0) is 79.5 Å². The molecule has 4 N–H and O–H groups in total. The average molecular weight is 459 g/mol. The van der Waals surface area contributed by atoms with Gasteiger partial charge in [-0.2, -0.15) is 0 Å². The number of rotatable bonds is 9. The molecule has 8 heteroatoms. The third-order valence-corrected chi connectivity index (χ3v) is 6.03. The van der Waals surface area contributed by atoms with E-state index in [1.165, 1.54) is 13.0 Å². The molecule has 7 nitrogen and oxygen atoms in total. The van der Waals surface area contributed by atoms with Crippen molar-refractivity contribution in [2.24, 2.45) is 5.92 Å². The van der Waals surface area contributed by atoms with Crippen LogP contribution in [0.15, 0.2) is 30.3 Å². The van der Waals surface area contributed by atoms with Gasteiger partial charge in [-0.15, -0.1) is 0 Å². The molecule has 0 spiro atoms. The lowest BCUT2D eigenvalue weighted by atomic mass is 9.92. The number of aliphatic hydroxyl groups is 1. The number of benzene rings is 2. The van der Waals surface area contributed by atoms with Crippen LogP contribution in [0.1, 0.15) is 65.4 Å². The predicted molar refractivity (Wildman–Crippen MR) is 122 cm³/mol. The number of carboxylic acid groups (broad SMARTS) is 1. The van der Waals surface area contributed by atoms with Crippen molar-refractivity contribution in [2.45, 2.75) is 58.8 Å². The van der Waals surface area contributed by atoms with E-state index in [4.69, 9.17) is 0 Å². The molecule has 2 aromatic rings. The minimum absolute atomic E-state index is 0.0116. The van der Waals surface area contributed by atoms with Gasteiger partial charge in [0.05, 0.1) is 5.56 Å². The number of carbonyl (C=O) groups is 2. The lowest BCUT2D eigenvalue weighted by molar-refractivity contribution is -0.139. The molecule has 2 unspecified atom stereocenters. The maximum atomic E-state index is 12.7. The molecule has 2 aromatic carbocycles. The van der Waals surface area contributed by atoms with E-state index in [1.807, 2.05) is 27.7 Å². The summed E-state index contributed by atoms with van der Waals surface area (Å²) in [5.41, 5.74) is 4.08. The first kappa shape index (κ1) is 25.5. The van der Waals surface area contributed by atoms with E-state index >= 15 is 0 Å². The number of aromatic hydroxyl groups is 1. The minimum atomic E-state index is -1.48. The van der Waals surface area contributed by atoms with Crippen LogP contribution in [0, 0.1) is 19.8 Å². The van der Waals surface area contributed by atoms with Gasteiger partial charge in [0.1, 0.15) is 11.8 Å². The second-order valence-corrected chi connectivity index (χ2v) is 9.78. The number of hydrogen-bond acceptors (Lipinski definition) is 5. The molecule has 32 heavy (non-hydrogen) atoms. The maximum absolute atomic E-state index is 12.7. The average Bonchev–Trinajstić information content (AvgIpc) is 2.70. The number of carboxylic acids is 1. The minimum Gasteiger partial charge on any atom is -0.507 e. The summed E-state index contributed by atoms with van der Waals surface area (Å²) in [6.07, 6.45) is 0.739. The van der Waals surface area contributed by atoms with Gasteiger partial charge in [0, 0.05) is 0 Å². The number of amides is 1. The van der Waals surface area contributed by atoms with E-state index in [0.29, 0.717) is 12.0 Å². The number of carbonyl (C=O) groups excluding carboxylic acids is 1. The van der Waals surface area contributed by atoms with Crippen LogP contribution in [0.5, 0.6) is 5.75 Å². The van der Waals surface area contributed by atoms with Gasteiger partial charge in [-0.1, -0.05) is 32.0 Å². The van der Waals surface area contributed by atoms with Crippen molar-refractivity contribution in [1.82, 2.24) is 5.32 Å². The van der Waals surface area contributed by atoms with E-state index in [2.05, 4.69) is 5.32 Å². The van der Waals surface area contributed by atoms with Crippen LogP contribution >= 0.6 is 8.46 Å². The van der Waals surface area contributed by atoms with Crippen LogP contribution in [-0.4, -0.2) is 33.2 Å². The number of aliphatic carboxylic acids is 1. The Morgan fingerprint density at radius 1 is 1.12 bits per heavy atom. The second-order valence-electron chi connectivity index (χ2n) is 8.72. The fraction of sp³-hybridized carbons (Fsp3) is 0.417. The van der Waals surface area contributed by atoms with Crippen molar-refractivity contribution in [2.75, 3.05) is 0 Å². The first-order chi connectivity index (χ1) is 14.9. The Labute approximate surface area is 189 Å². The topological polar surface area (TPSA) is 124 Å². The first-order valence-electron chi connectivity index (χ1n) is 10.4. The van der Waals surface area contributed by atoms with Crippen LogP contribution < -0.4 is 5.32 Å². The lowest BCUT2D eigenvalue weighted by Crippen LogP contribution is -2.41. The Morgan fingerprint density at radius 2 is 1.72 bits per heavy atom. The van der Waals surface area contributed by atoms with Crippen LogP contribution in [-0.2, 0) is 21.1 Å². The van der Waals surface area contributed by atoms with Crippen LogP contribution in [0.3, 0.4) is 0 Å². The molecule has 0 saturated heterocycles. The van der Waals surface area contributed by atoms with E-state index in [-0.39, 0.29) is 23.7 Å².